The van der Waals surface area contributed by atoms with Crippen LogP contribution in [0, 0.1) is 0 Å². The van der Waals surface area contributed by atoms with Gasteiger partial charge in [0.2, 0.25) is 11.8 Å². The van der Waals surface area contributed by atoms with Crippen molar-refractivity contribution in [1.82, 2.24) is 20.4 Å². The number of carbonyl (C=O) groups excluding carboxylic acids is 2. The van der Waals surface area contributed by atoms with Gasteiger partial charge in [0, 0.05) is 12.8 Å². The lowest BCUT2D eigenvalue weighted by atomic mass is 10.0. The Morgan fingerprint density at radius 3 is 0.846 bits per heavy atom. The molecule has 0 saturated carbocycles. The van der Waals surface area contributed by atoms with Gasteiger partial charge in [-0.3, -0.25) is 19.4 Å². The molecule has 0 heterocycles. The highest BCUT2D eigenvalue weighted by Gasteiger charge is 2.12. The summed E-state index contributed by atoms with van der Waals surface area (Å²) in [6.45, 7) is 14.9. The topological polar surface area (TPSA) is 64.7 Å². The molecule has 0 aromatic carbocycles. The first kappa shape index (κ1) is 53.0. The molecule has 2 amide bonds. The van der Waals surface area contributed by atoms with Gasteiger partial charge in [0.15, 0.2) is 0 Å². The van der Waals surface area contributed by atoms with Crippen molar-refractivity contribution in [3.05, 3.63) is 0 Å². The van der Waals surface area contributed by atoms with Gasteiger partial charge in [-0.1, -0.05) is 207 Å². The molecular formula is C46H96N4O2. The number of nitrogens with one attached hydrogen (secondary N) is 2. The lowest BCUT2D eigenvalue weighted by Gasteiger charge is -2.27. The second kappa shape index (κ2) is 42.6. The van der Waals surface area contributed by atoms with Gasteiger partial charge in [-0.15, -0.1) is 0 Å². The molecule has 0 saturated heterocycles. The van der Waals surface area contributed by atoms with Crippen LogP contribution in [0.3, 0.4) is 0 Å². The van der Waals surface area contributed by atoms with E-state index in [2.05, 4.69) is 50.2 Å². The summed E-state index contributed by atoms with van der Waals surface area (Å²) in [6.07, 6.45) is 42.6. The summed E-state index contributed by atoms with van der Waals surface area (Å²) in [5, 5.41) is 6.13. The van der Waals surface area contributed by atoms with Gasteiger partial charge in [0.05, 0.1) is 12.3 Å². The number of amides is 2. The molecule has 6 nitrogen and oxygen atoms in total. The molecule has 2 N–H and O–H groups in total. The molecule has 0 aliphatic heterocycles. The van der Waals surface area contributed by atoms with Gasteiger partial charge in [0.1, 0.15) is 0 Å². The van der Waals surface area contributed by atoms with Crippen LogP contribution < -0.4 is 10.6 Å². The van der Waals surface area contributed by atoms with Crippen LogP contribution in [0.4, 0.5) is 0 Å². The summed E-state index contributed by atoms with van der Waals surface area (Å²) < 4.78 is 0. The molecule has 0 spiro atoms. The van der Waals surface area contributed by atoms with Crippen LogP contribution in [-0.2, 0) is 9.59 Å². The second-order valence-electron chi connectivity index (χ2n) is 16.1. The Balaban J connectivity index is 0. The molecule has 0 radical (unpaired) electrons. The highest BCUT2D eigenvalue weighted by Crippen LogP contribution is 2.15. The first-order chi connectivity index (χ1) is 25.2. The number of carbonyl (C=O) groups is 2. The fraction of sp³-hybridized carbons (Fsp3) is 0.957. The summed E-state index contributed by atoms with van der Waals surface area (Å²) in [7, 11) is 3.97. The van der Waals surface area contributed by atoms with E-state index in [1.807, 2.05) is 25.9 Å². The quantitative estimate of drug-likeness (QED) is 0.0489. The molecule has 2 unspecified atom stereocenters. The minimum Gasteiger partial charge on any atom is -0.341 e. The van der Waals surface area contributed by atoms with E-state index in [1.54, 1.807) is 0 Å². The number of nitrogens with zero attached hydrogens (tertiary/aromatic N) is 2. The van der Waals surface area contributed by atoms with Gasteiger partial charge < -0.3 is 10.6 Å². The molecule has 0 aromatic rings. The van der Waals surface area contributed by atoms with Gasteiger partial charge >= 0.3 is 0 Å². The van der Waals surface area contributed by atoms with Crippen LogP contribution in [0.2, 0.25) is 0 Å². The van der Waals surface area contributed by atoms with Crippen LogP contribution in [0.1, 0.15) is 247 Å². The van der Waals surface area contributed by atoms with Gasteiger partial charge in [-0.05, 0) is 53.9 Å². The van der Waals surface area contributed by atoms with E-state index in [9.17, 15) is 9.59 Å². The van der Waals surface area contributed by atoms with E-state index in [0.717, 1.165) is 25.9 Å². The Morgan fingerprint density at radius 2 is 0.615 bits per heavy atom. The predicted molar refractivity (Wildman–Crippen MR) is 231 cm³/mol. The summed E-state index contributed by atoms with van der Waals surface area (Å²) >= 11 is 0. The third-order valence-electron chi connectivity index (χ3n) is 10.9. The molecule has 52 heavy (non-hydrogen) atoms. The lowest BCUT2D eigenvalue weighted by Crippen LogP contribution is -2.45. The van der Waals surface area contributed by atoms with Gasteiger partial charge in [-0.25, -0.2) is 0 Å². The van der Waals surface area contributed by atoms with Crippen molar-refractivity contribution < 1.29 is 9.59 Å². The fourth-order valence-electron chi connectivity index (χ4n) is 6.92. The average molecular weight is 737 g/mol. The highest BCUT2D eigenvalue weighted by molar-refractivity contribution is 5.76. The molecule has 2 atom stereocenters. The Morgan fingerprint density at radius 1 is 0.385 bits per heavy atom. The van der Waals surface area contributed by atoms with Crippen molar-refractivity contribution in [1.29, 1.82) is 0 Å². The maximum atomic E-state index is 12.0. The molecule has 0 aromatic heterocycles. The molecule has 6 heteroatoms. The van der Waals surface area contributed by atoms with Gasteiger partial charge in [-0.2, -0.15) is 0 Å². The van der Waals surface area contributed by atoms with Crippen LogP contribution >= 0.6 is 0 Å². The number of hydrogen-bond donors (Lipinski definition) is 2. The number of hydrogen-bond acceptors (Lipinski definition) is 4. The van der Waals surface area contributed by atoms with Crippen molar-refractivity contribution in [2.24, 2.45) is 0 Å². The largest absolute Gasteiger partial charge is 0.341 e. The minimum atomic E-state index is 0.129. The zero-order valence-electron chi connectivity index (χ0n) is 36.9. The second-order valence-corrected chi connectivity index (χ2v) is 16.1. The summed E-state index contributed by atoms with van der Waals surface area (Å²) in [4.78, 5) is 28.0. The lowest BCUT2D eigenvalue weighted by molar-refractivity contribution is -0.123. The highest BCUT2D eigenvalue weighted by atomic mass is 16.2. The smallest absolute Gasteiger partial charge is 0.221 e. The fourth-order valence-corrected chi connectivity index (χ4v) is 6.92. The summed E-state index contributed by atoms with van der Waals surface area (Å²) in [5.74, 6) is 0.403. The van der Waals surface area contributed by atoms with E-state index < -0.39 is 0 Å². The number of rotatable bonds is 38. The van der Waals surface area contributed by atoms with E-state index in [-0.39, 0.29) is 24.1 Å². The Labute approximate surface area is 327 Å². The van der Waals surface area contributed by atoms with E-state index >= 15 is 0 Å². The van der Waals surface area contributed by atoms with E-state index in [4.69, 9.17) is 0 Å². The van der Waals surface area contributed by atoms with Crippen molar-refractivity contribution >= 4 is 11.8 Å². The average Bonchev–Trinajstić information content (AvgIpc) is 3.12. The Kier molecular flexibility index (Phi) is 43.4. The monoisotopic (exact) mass is 737 g/mol. The summed E-state index contributed by atoms with van der Waals surface area (Å²) in [6, 6.07) is 0. The Bertz CT molecular complexity index is 727. The molecule has 0 aliphatic rings. The minimum absolute atomic E-state index is 0.129. The van der Waals surface area contributed by atoms with E-state index in [1.165, 1.54) is 180 Å². The zero-order chi connectivity index (χ0) is 38.9. The standard InChI is InChI=1S/C24H50N2O.C22H46N2O/c1-5-8-9-10-11-12-13-14-15-16-17-18-19-20-21-22-24(27)25-23(4)26(6-2)7-3;1-5-6-7-8-9-10-11-12-13-14-15-16-17-18-19-20-22(25)23-21(2)24(3)4/h23H,5-22H2,1-4H3,(H,25,27);21H,5-20H2,1-4H3,(H,23,25). The van der Waals surface area contributed by atoms with Crippen LogP contribution in [0.5, 0.6) is 0 Å². The van der Waals surface area contributed by atoms with Crippen LogP contribution in [0.25, 0.3) is 0 Å². The first-order valence-corrected chi connectivity index (χ1v) is 23.2. The molecule has 0 rings (SSSR count). The van der Waals surface area contributed by atoms with E-state index in [0.29, 0.717) is 12.8 Å². The van der Waals surface area contributed by atoms with Crippen LogP contribution in [0.15, 0.2) is 0 Å². The van der Waals surface area contributed by atoms with Crippen molar-refractivity contribution in [3.63, 3.8) is 0 Å². The molecule has 0 bridgehead atoms. The zero-order valence-corrected chi connectivity index (χ0v) is 36.9. The first-order valence-electron chi connectivity index (χ1n) is 23.2. The van der Waals surface area contributed by atoms with Gasteiger partial charge in [0.25, 0.3) is 0 Å². The molecule has 0 aliphatic carbocycles. The molecule has 0 fully saturated rings. The normalized spacial score (nSPS) is 12.5. The third kappa shape index (κ3) is 40.1. The third-order valence-corrected chi connectivity index (χ3v) is 10.9. The summed E-state index contributed by atoms with van der Waals surface area (Å²) in [5.41, 5.74) is 0. The molecule has 312 valence electrons. The predicted octanol–water partition coefficient (Wildman–Crippen LogP) is 13.3. The van der Waals surface area contributed by atoms with Crippen molar-refractivity contribution in [2.45, 2.75) is 259 Å². The maximum Gasteiger partial charge on any atom is 0.221 e. The van der Waals surface area contributed by atoms with Crippen LogP contribution in [-0.4, -0.2) is 61.1 Å². The van der Waals surface area contributed by atoms with Crippen molar-refractivity contribution in [3.8, 4) is 0 Å². The Hall–Kier alpha value is -1.14. The maximum absolute atomic E-state index is 12.0. The van der Waals surface area contributed by atoms with Crippen molar-refractivity contribution in [2.75, 3.05) is 27.2 Å². The SMILES string of the molecule is CCCCCCCCCCCCCCCCCC(=O)NC(C)N(C)C.CCCCCCCCCCCCCCCCCC(=O)NC(C)N(CC)CC. The number of unbranched alkanes of at least 4 members (excludes halogenated alkanes) is 28. The molecular weight excluding hydrogens is 641 g/mol.